The topological polar surface area (TPSA) is 75.0 Å². The van der Waals surface area contributed by atoms with Gasteiger partial charge in [-0.2, -0.15) is 0 Å². The minimum Gasteiger partial charge on any atom is -0.458 e. The molecule has 7 heteroatoms. The van der Waals surface area contributed by atoms with Crippen LogP contribution in [-0.2, 0) is 6.42 Å². The average molecular weight is 350 g/mol. The largest absolute Gasteiger partial charge is 0.458 e. The zero-order valence-electron chi connectivity index (χ0n) is 13.2. The maximum atomic E-state index is 13.0. The molecule has 1 aromatic carbocycles. The van der Waals surface area contributed by atoms with Crippen molar-refractivity contribution in [3.8, 4) is 0 Å². The lowest BCUT2D eigenvalue weighted by Gasteiger charge is -2.33. The number of amides is 1. The highest BCUT2D eigenvalue weighted by Crippen LogP contribution is 2.37. The monoisotopic (exact) mass is 350 g/mol. The SMILES string of the molecule is O=C(c1nccs1)N1CCc2[nH]cnc2[C@H]1c1cc2ccccc2o1. The number of H-pyrrole nitrogens is 1. The molecule has 124 valence electrons. The van der Waals surface area contributed by atoms with Crippen LogP contribution in [0.1, 0.15) is 33.0 Å². The third-order valence-electron chi connectivity index (χ3n) is 4.52. The molecule has 0 unspecified atom stereocenters. The molecule has 0 spiro atoms. The Morgan fingerprint density at radius 1 is 1.32 bits per heavy atom. The standard InChI is InChI=1S/C18H14N4O2S/c23-18(17-19-6-8-25-17)22-7-5-12-15(21-10-20-12)16(22)14-9-11-3-1-2-4-13(11)24-14/h1-4,6,8-10,16H,5,7H2,(H,20,21)/t16-/m1/s1. The van der Waals surface area contributed by atoms with E-state index in [4.69, 9.17) is 4.42 Å². The number of furan rings is 1. The van der Waals surface area contributed by atoms with Gasteiger partial charge in [0, 0.05) is 35.6 Å². The van der Waals surface area contributed by atoms with Crippen molar-refractivity contribution >= 4 is 28.2 Å². The first-order valence-corrected chi connectivity index (χ1v) is 8.90. The molecule has 1 N–H and O–H groups in total. The molecule has 0 radical (unpaired) electrons. The number of imidazole rings is 1. The van der Waals surface area contributed by atoms with Crippen LogP contribution in [0.25, 0.3) is 11.0 Å². The number of nitrogens with zero attached hydrogens (tertiary/aromatic N) is 3. The lowest BCUT2D eigenvalue weighted by molar-refractivity contribution is 0.0672. The van der Waals surface area contributed by atoms with Gasteiger partial charge in [-0.15, -0.1) is 11.3 Å². The highest BCUT2D eigenvalue weighted by atomic mass is 32.1. The van der Waals surface area contributed by atoms with Crippen molar-refractivity contribution in [3.63, 3.8) is 0 Å². The zero-order chi connectivity index (χ0) is 16.8. The van der Waals surface area contributed by atoms with Gasteiger partial charge >= 0.3 is 0 Å². The number of para-hydroxylation sites is 1. The van der Waals surface area contributed by atoms with E-state index in [-0.39, 0.29) is 11.9 Å². The Morgan fingerprint density at radius 2 is 2.24 bits per heavy atom. The molecule has 1 atom stereocenters. The van der Waals surface area contributed by atoms with Gasteiger partial charge in [0.05, 0.1) is 12.0 Å². The molecular formula is C18H14N4O2S. The molecule has 5 rings (SSSR count). The molecule has 4 heterocycles. The van der Waals surface area contributed by atoms with Gasteiger partial charge in [-0.1, -0.05) is 18.2 Å². The molecule has 0 saturated carbocycles. The Balaban J connectivity index is 1.64. The maximum Gasteiger partial charge on any atom is 0.283 e. The van der Waals surface area contributed by atoms with Gasteiger partial charge in [-0.25, -0.2) is 9.97 Å². The molecule has 0 aliphatic carbocycles. The zero-order valence-corrected chi connectivity index (χ0v) is 14.0. The van der Waals surface area contributed by atoms with Gasteiger partial charge in [-0.05, 0) is 12.1 Å². The molecule has 25 heavy (non-hydrogen) atoms. The first-order chi connectivity index (χ1) is 12.3. The number of aromatic nitrogens is 3. The summed E-state index contributed by atoms with van der Waals surface area (Å²) >= 11 is 1.35. The van der Waals surface area contributed by atoms with E-state index >= 15 is 0 Å². The molecule has 1 aliphatic rings. The van der Waals surface area contributed by atoms with E-state index in [9.17, 15) is 4.79 Å². The number of nitrogens with one attached hydrogen (secondary N) is 1. The van der Waals surface area contributed by atoms with Crippen LogP contribution < -0.4 is 0 Å². The van der Waals surface area contributed by atoms with Crippen molar-refractivity contribution < 1.29 is 9.21 Å². The summed E-state index contributed by atoms with van der Waals surface area (Å²) < 4.78 is 6.07. The van der Waals surface area contributed by atoms with Crippen molar-refractivity contribution in [2.75, 3.05) is 6.54 Å². The summed E-state index contributed by atoms with van der Waals surface area (Å²) in [5, 5.41) is 3.31. The molecule has 0 fully saturated rings. The number of benzene rings is 1. The Hall–Kier alpha value is -2.93. The number of thiazole rings is 1. The van der Waals surface area contributed by atoms with Gasteiger partial charge < -0.3 is 14.3 Å². The predicted molar refractivity (Wildman–Crippen MR) is 93.5 cm³/mol. The Bertz CT molecular complexity index is 1020. The summed E-state index contributed by atoms with van der Waals surface area (Å²) in [5.74, 6) is 0.633. The summed E-state index contributed by atoms with van der Waals surface area (Å²) in [6.45, 7) is 0.593. The fourth-order valence-corrected chi connectivity index (χ4v) is 3.96. The maximum absolute atomic E-state index is 13.0. The van der Waals surface area contributed by atoms with Gasteiger partial charge in [-0.3, -0.25) is 4.79 Å². The second-order valence-electron chi connectivity index (χ2n) is 5.94. The highest BCUT2D eigenvalue weighted by Gasteiger charge is 2.37. The van der Waals surface area contributed by atoms with E-state index in [0.29, 0.717) is 11.6 Å². The third-order valence-corrected chi connectivity index (χ3v) is 5.28. The van der Waals surface area contributed by atoms with Crippen molar-refractivity contribution in [1.29, 1.82) is 0 Å². The van der Waals surface area contributed by atoms with E-state index in [1.54, 1.807) is 17.4 Å². The van der Waals surface area contributed by atoms with Gasteiger partial charge in [0.15, 0.2) is 5.01 Å². The molecule has 6 nitrogen and oxygen atoms in total. The highest BCUT2D eigenvalue weighted by molar-refractivity contribution is 7.11. The second-order valence-corrected chi connectivity index (χ2v) is 6.84. The van der Waals surface area contributed by atoms with Crippen LogP contribution in [0.2, 0.25) is 0 Å². The average Bonchev–Trinajstić information content (AvgIpc) is 3.39. The lowest BCUT2D eigenvalue weighted by Crippen LogP contribution is -2.40. The quantitative estimate of drug-likeness (QED) is 0.601. The molecule has 0 saturated heterocycles. The fourth-order valence-electron chi connectivity index (χ4n) is 3.37. The Labute approximate surface area is 147 Å². The predicted octanol–water partition coefficient (Wildman–Crippen LogP) is 3.40. The number of hydrogen-bond donors (Lipinski definition) is 1. The van der Waals surface area contributed by atoms with Crippen molar-refractivity contribution in [2.24, 2.45) is 0 Å². The number of carbonyl (C=O) groups excluding carboxylic acids is 1. The van der Waals surface area contributed by atoms with Crippen molar-refractivity contribution in [2.45, 2.75) is 12.5 Å². The van der Waals surface area contributed by atoms with Crippen LogP contribution in [0.4, 0.5) is 0 Å². The lowest BCUT2D eigenvalue weighted by atomic mass is 10.00. The number of fused-ring (bicyclic) bond motifs is 2. The third kappa shape index (κ3) is 2.27. The van der Waals surface area contributed by atoms with E-state index < -0.39 is 0 Å². The first-order valence-electron chi connectivity index (χ1n) is 8.02. The van der Waals surface area contributed by atoms with E-state index in [0.717, 1.165) is 34.5 Å². The molecular weight excluding hydrogens is 336 g/mol. The van der Waals surface area contributed by atoms with Gasteiger partial charge in [0.2, 0.25) is 0 Å². The van der Waals surface area contributed by atoms with Crippen molar-refractivity contribution in [3.05, 3.63) is 70.4 Å². The number of aromatic amines is 1. The normalized spacial score (nSPS) is 17.0. The van der Waals surface area contributed by atoms with Crippen molar-refractivity contribution in [1.82, 2.24) is 19.9 Å². The minimum absolute atomic E-state index is 0.0888. The smallest absolute Gasteiger partial charge is 0.283 e. The van der Waals surface area contributed by atoms with Gasteiger partial charge in [0.1, 0.15) is 17.4 Å². The number of carbonyl (C=O) groups is 1. The van der Waals surface area contributed by atoms with Crippen LogP contribution >= 0.6 is 11.3 Å². The summed E-state index contributed by atoms with van der Waals surface area (Å²) in [6, 6.07) is 9.49. The van der Waals surface area contributed by atoms with E-state index in [1.807, 2.05) is 35.7 Å². The summed E-state index contributed by atoms with van der Waals surface area (Å²) in [6.07, 6.45) is 4.07. The fraction of sp³-hybridized carbons (Fsp3) is 0.167. The molecule has 1 amide bonds. The second kappa shape index (κ2) is 5.56. The first kappa shape index (κ1) is 14.4. The molecule has 4 aromatic rings. The molecule has 3 aromatic heterocycles. The number of hydrogen-bond acceptors (Lipinski definition) is 5. The minimum atomic E-state index is -0.348. The molecule has 0 bridgehead atoms. The van der Waals surface area contributed by atoms with Crippen LogP contribution in [0.5, 0.6) is 0 Å². The van der Waals surface area contributed by atoms with Crippen LogP contribution in [0, 0.1) is 0 Å². The summed E-state index contributed by atoms with van der Waals surface area (Å²) in [4.78, 5) is 26.6. The summed E-state index contributed by atoms with van der Waals surface area (Å²) in [7, 11) is 0. The van der Waals surface area contributed by atoms with E-state index in [2.05, 4.69) is 15.0 Å². The van der Waals surface area contributed by atoms with Gasteiger partial charge in [0.25, 0.3) is 5.91 Å². The van der Waals surface area contributed by atoms with E-state index in [1.165, 1.54) is 11.3 Å². The Kier molecular flexibility index (Phi) is 3.21. The molecule has 1 aliphatic heterocycles. The van der Waals surface area contributed by atoms with Crippen LogP contribution in [-0.4, -0.2) is 32.3 Å². The Morgan fingerprint density at radius 3 is 3.08 bits per heavy atom. The summed E-state index contributed by atoms with van der Waals surface area (Å²) in [5.41, 5.74) is 2.70. The van der Waals surface area contributed by atoms with Crippen LogP contribution in [0.15, 0.2) is 52.7 Å². The number of rotatable bonds is 2. The van der Waals surface area contributed by atoms with Crippen LogP contribution in [0.3, 0.4) is 0 Å².